The fourth-order valence-corrected chi connectivity index (χ4v) is 5.24. The number of aromatic nitrogens is 1. The minimum Gasteiger partial charge on any atom is -0.335 e. The summed E-state index contributed by atoms with van der Waals surface area (Å²) in [5.74, 6) is -1.68. The zero-order valence-electron chi connectivity index (χ0n) is 20.5. The van der Waals surface area contributed by atoms with Crippen molar-refractivity contribution in [1.29, 1.82) is 0 Å². The summed E-state index contributed by atoms with van der Waals surface area (Å²) in [6.07, 6.45) is 4.32. The van der Waals surface area contributed by atoms with Crippen LogP contribution in [0.1, 0.15) is 17.3 Å². The normalized spacial score (nSPS) is 14.6. The van der Waals surface area contributed by atoms with Crippen LogP contribution in [0.5, 0.6) is 0 Å². The molecule has 38 heavy (non-hydrogen) atoms. The van der Waals surface area contributed by atoms with Crippen LogP contribution in [-0.2, 0) is 14.8 Å². The molecule has 0 saturated carbocycles. The molecule has 2 amide bonds. The van der Waals surface area contributed by atoms with Gasteiger partial charge < -0.3 is 9.80 Å². The first-order valence-electron chi connectivity index (χ1n) is 11.6. The molecule has 0 radical (unpaired) electrons. The van der Waals surface area contributed by atoms with Crippen molar-refractivity contribution in [2.75, 3.05) is 30.9 Å². The SMILES string of the molecule is C=N/C(=C\N=C/C)C(=O)N1CCN(C(=O)c2ccc(NS(=O)(=O)c3cccc4cccnc34)c(F)c2)CC1. The fourth-order valence-electron chi connectivity index (χ4n) is 3.99. The van der Waals surface area contributed by atoms with Crippen molar-refractivity contribution >= 4 is 51.4 Å². The molecule has 196 valence electrons. The molecule has 4 rings (SSSR count). The molecular weight excluding hydrogens is 511 g/mol. The third-order valence-electron chi connectivity index (χ3n) is 5.94. The largest absolute Gasteiger partial charge is 0.335 e. The number of benzene rings is 2. The van der Waals surface area contributed by atoms with Crippen LogP contribution in [0.2, 0.25) is 0 Å². The quantitative estimate of drug-likeness (QED) is 0.367. The van der Waals surface area contributed by atoms with E-state index in [1.54, 1.807) is 31.2 Å². The highest BCUT2D eigenvalue weighted by molar-refractivity contribution is 7.93. The molecule has 1 saturated heterocycles. The average molecular weight is 537 g/mol. The number of amides is 2. The molecule has 0 unspecified atom stereocenters. The van der Waals surface area contributed by atoms with Gasteiger partial charge in [0.15, 0.2) is 0 Å². The van der Waals surface area contributed by atoms with Crippen LogP contribution in [0.15, 0.2) is 81.5 Å². The van der Waals surface area contributed by atoms with Crippen molar-refractivity contribution in [2.24, 2.45) is 9.98 Å². The standard InChI is InChI=1S/C26H25FN6O4S/c1-3-29-17-22(28-2)26(35)33-14-12-32(13-15-33)25(34)19-9-10-21(20(27)16-19)31-38(36,37)23-8-4-6-18-7-5-11-30-24(18)23/h3-11,16-17,31H,2,12-15H2,1H3/b22-17-,29-3-. The summed E-state index contributed by atoms with van der Waals surface area (Å²) in [5, 5.41) is 0.626. The Labute approximate surface area is 219 Å². The van der Waals surface area contributed by atoms with Crippen LogP contribution in [0.3, 0.4) is 0 Å². The summed E-state index contributed by atoms with van der Waals surface area (Å²) < 4.78 is 43.2. The Balaban J connectivity index is 1.45. The van der Waals surface area contributed by atoms with Crippen molar-refractivity contribution in [2.45, 2.75) is 11.8 Å². The predicted octanol–water partition coefficient (Wildman–Crippen LogP) is 3.09. The first kappa shape index (κ1) is 26.6. The van der Waals surface area contributed by atoms with Gasteiger partial charge in [-0.2, -0.15) is 0 Å². The molecule has 2 heterocycles. The lowest BCUT2D eigenvalue weighted by molar-refractivity contribution is -0.128. The maximum atomic E-state index is 14.9. The molecule has 0 atom stereocenters. The number of carbonyl (C=O) groups excluding carboxylic acids is 2. The van der Waals surface area contributed by atoms with Gasteiger partial charge in [-0.25, -0.2) is 12.8 Å². The van der Waals surface area contributed by atoms with Gasteiger partial charge in [-0.1, -0.05) is 18.2 Å². The number of carbonyl (C=O) groups is 2. The number of pyridine rings is 1. The van der Waals surface area contributed by atoms with E-state index in [1.807, 2.05) is 0 Å². The van der Waals surface area contributed by atoms with Crippen LogP contribution in [0.4, 0.5) is 10.1 Å². The lowest BCUT2D eigenvalue weighted by Crippen LogP contribution is -2.50. The highest BCUT2D eigenvalue weighted by Crippen LogP contribution is 2.25. The Bertz CT molecular complexity index is 1560. The van der Waals surface area contributed by atoms with E-state index in [-0.39, 0.29) is 59.4 Å². The molecule has 0 spiro atoms. The number of piperazine rings is 1. The first-order chi connectivity index (χ1) is 18.2. The number of anilines is 1. The van der Waals surface area contributed by atoms with Crippen LogP contribution < -0.4 is 4.72 Å². The van der Waals surface area contributed by atoms with E-state index in [1.165, 1.54) is 46.6 Å². The third kappa shape index (κ3) is 5.59. The smallest absolute Gasteiger partial charge is 0.274 e. The minimum absolute atomic E-state index is 0.0580. The molecular formula is C26H25FN6O4S. The van der Waals surface area contributed by atoms with Gasteiger partial charge >= 0.3 is 0 Å². The first-order valence-corrected chi connectivity index (χ1v) is 13.1. The number of aliphatic imine (C=N–C) groups is 2. The second kappa shape index (κ2) is 11.3. The van der Waals surface area contributed by atoms with Crippen molar-refractivity contribution in [3.63, 3.8) is 0 Å². The second-order valence-electron chi connectivity index (χ2n) is 8.30. The van der Waals surface area contributed by atoms with E-state index < -0.39 is 21.7 Å². The van der Waals surface area contributed by atoms with E-state index in [9.17, 15) is 22.4 Å². The summed E-state index contributed by atoms with van der Waals surface area (Å²) in [5.41, 5.74) is 0.123. The molecule has 3 aromatic rings. The molecule has 1 N–H and O–H groups in total. The summed E-state index contributed by atoms with van der Waals surface area (Å²) in [4.78, 5) is 40.3. The molecule has 0 aliphatic carbocycles. The number of nitrogens with one attached hydrogen (secondary N) is 1. The zero-order chi connectivity index (χ0) is 27.3. The minimum atomic E-state index is -4.16. The third-order valence-corrected chi connectivity index (χ3v) is 7.33. The number of hydrogen-bond donors (Lipinski definition) is 1. The molecule has 10 nitrogen and oxygen atoms in total. The Kier molecular flexibility index (Phi) is 7.91. The van der Waals surface area contributed by atoms with Crippen LogP contribution in [-0.4, -0.2) is 74.1 Å². The maximum absolute atomic E-state index is 14.9. The monoisotopic (exact) mass is 536 g/mol. The number of sulfonamides is 1. The summed E-state index contributed by atoms with van der Waals surface area (Å²) in [6.45, 7) is 6.08. The van der Waals surface area contributed by atoms with E-state index in [0.29, 0.717) is 5.39 Å². The van der Waals surface area contributed by atoms with Gasteiger partial charge in [-0.3, -0.25) is 29.3 Å². The van der Waals surface area contributed by atoms with Gasteiger partial charge in [0.25, 0.3) is 21.8 Å². The molecule has 0 bridgehead atoms. The lowest BCUT2D eigenvalue weighted by atomic mass is 10.1. The van der Waals surface area contributed by atoms with Crippen molar-refractivity contribution in [3.05, 3.63) is 78.0 Å². The van der Waals surface area contributed by atoms with Gasteiger partial charge in [0.1, 0.15) is 16.4 Å². The Morgan fingerprint density at radius 1 is 1.08 bits per heavy atom. The highest BCUT2D eigenvalue weighted by Gasteiger charge is 2.27. The number of rotatable bonds is 7. The van der Waals surface area contributed by atoms with Crippen LogP contribution >= 0.6 is 0 Å². The number of nitrogens with zero attached hydrogens (tertiary/aromatic N) is 5. The lowest BCUT2D eigenvalue weighted by Gasteiger charge is -2.34. The molecule has 1 fully saturated rings. The average Bonchev–Trinajstić information content (AvgIpc) is 2.93. The molecule has 2 aromatic carbocycles. The zero-order valence-corrected chi connectivity index (χ0v) is 21.4. The van der Waals surface area contributed by atoms with Crippen molar-refractivity contribution in [3.8, 4) is 0 Å². The Hall–Kier alpha value is -4.45. The highest BCUT2D eigenvalue weighted by atomic mass is 32.2. The van der Waals surface area contributed by atoms with Gasteiger partial charge in [-0.15, -0.1) is 0 Å². The number of halogens is 1. The van der Waals surface area contributed by atoms with Crippen molar-refractivity contribution in [1.82, 2.24) is 14.8 Å². The van der Waals surface area contributed by atoms with E-state index >= 15 is 0 Å². The molecule has 1 aliphatic rings. The Morgan fingerprint density at radius 3 is 2.47 bits per heavy atom. The van der Waals surface area contributed by atoms with Gasteiger partial charge in [0, 0.05) is 49.5 Å². The van der Waals surface area contributed by atoms with Gasteiger partial charge in [0.05, 0.1) is 17.4 Å². The predicted molar refractivity (Wildman–Crippen MR) is 143 cm³/mol. The fraction of sp³-hybridized carbons (Fsp3) is 0.192. The molecule has 12 heteroatoms. The Morgan fingerprint density at radius 2 is 1.79 bits per heavy atom. The van der Waals surface area contributed by atoms with E-state index in [2.05, 4.69) is 26.4 Å². The van der Waals surface area contributed by atoms with Crippen LogP contribution in [0, 0.1) is 5.82 Å². The summed E-state index contributed by atoms with van der Waals surface area (Å²) >= 11 is 0. The molecule has 1 aromatic heterocycles. The van der Waals surface area contributed by atoms with Gasteiger partial charge in [-0.05, 0) is 44.0 Å². The topological polar surface area (TPSA) is 124 Å². The van der Waals surface area contributed by atoms with Crippen LogP contribution in [0.25, 0.3) is 10.9 Å². The van der Waals surface area contributed by atoms with Crippen molar-refractivity contribution < 1.29 is 22.4 Å². The van der Waals surface area contributed by atoms with E-state index in [0.717, 1.165) is 6.07 Å². The summed E-state index contributed by atoms with van der Waals surface area (Å²) in [7, 11) is -4.16. The second-order valence-corrected chi connectivity index (χ2v) is 9.95. The number of para-hydroxylation sites is 1. The van der Waals surface area contributed by atoms with Gasteiger partial charge in [0.2, 0.25) is 0 Å². The van der Waals surface area contributed by atoms with E-state index in [4.69, 9.17) is 0 Å². The number of fused-ring (bicyclic) bond motifs is 1. The number of hydrogen-bond acceptors (Lipinski definition) is 7. The molecule has 1 aliphatic heterocycles. The maximum Gasteiger partial charge on any atom is 0.274 e. The summed E-state index contributed by atoms with van der Waals surface area (Å²) in [6, 6.07) is 11.7.